The topological polar surface area (TPSA) is 122 Å². The molecule has 178 valence electrons. The number of carbonyl (C=O) groups is 1. The van der Waals surface area contributed by atoms with Crippen LogP contribution in [-0.2, 0) is 11.8 Å². The van der Waals surface area contributed by atoms with Crippen LogP contribution in [0.15, 0.2) is 35.5 Å². The molecule has 0 saturated carbocycles. The van der Waals surface area contributed by atoms with Gasteiger partial charge in [-0.3, -0.25) is 28.1 Å². The smallest absolute Gasteiger partial charge is 0.225 e. The van der Waals surface area contributed by atoms with Crippen LogP contribution in [0.25, 0.3) is 5.69 Å². The van der Waals surface area contributed by atoms with Crippen LogP contribution in [0.3, 0.4) is 0 Å². The highest BCUT2D eigenvalue weighted by molar-refractivity contribution is 8.26. The van der Waals surface area contributed by atoms with Crippen LogP contribution in [0.5, 0.6) is 0 Å². The van der Waals surface area contributed by atoms with Gasteiger partial charge in [0, 0.05) is 42.7 Å². The van der Waals surface area contributed by atoms with Crippen molar-refractivity contribution in [3.05, 3.63) is 58.4 Å². The fraction of sp³-hybridized carbons (Fsp3) is 0.409. The number of fused-ring (bicyclic) bond motifs is 3. The first-order chi connectivity index (χ1) is 16.2. The van der Waals surface area contributed by atoms with Crippen LogP contribution in [0.2, 0.25) is 5.02 Å². The van der Waals surface area contributed by atoms with E-state index in [9.17, 15) is 13.9 Å². The Bertz CT molecular complexity index is 1340. The molecule has 1 aromatic carbocycles. The fourth-order valence-electron chi connectivity index (χ4n) is 4.99. The zero-order valence-corrected chi connectivity index (χ0v) is 20.3. The van der Waals surface area contributed by atoms with Crippen molar-refractivity contribution in [3.63, 3.8) is 0 Å². The number of rotatable bonds is 3. The van der Waals surface area contributed by atoms with Gasteiger partial charge in [0.05, 0.1) is 22.6 Å². The van der Waals surface area contributed by atoms with Crippen molar-refractivity contribution in [1.82, 2.24) is 29.4 Å². The second-order valence-corrected chi connectivity index (χ2v) is 12.3. The molecule has 34 heavy (non-hydrogen) atoms. The maximum Gasteiger partial charge on any atom is 0.225 e. The summed E-state index contributed by atoms with van der Waals surface area (Å²) in [7, 11) is -0.740. The molecular formula is C22H24ClN7O3S. The lowest BCUT2D eigenvalue weighted by Gasteiger charge is -2.67. The maximum atomic E-state index is 13.2. The molecule has 2 saturated heterocycles. The first-order valence-electron chi connectivity index (χ1n) is 11.0. The first kappa shape index (κ1) is 21.8. The second kappa shape index (κ2) is 7.38. The van der Waals surface area contributed by atoms with Crippen LogP contribution < -0.4 is 0 Å². The third-order valence-corrected chi connectivity index (χ3v) is 9.91. The van der Waals surface area contributed by atoms with Gasteiger partial charge in [0.1, 0.15) is 17.6 Å². The van der Waals surface area contributed by atoms with Gasteiger partial charge in [0.25, 0.3) is 0 Å². The molecule has 2 aromatic heterocycles. The third-order valence-electron chi connectivity index (χ3n) is 7.04. The highest BCUT2D eigenvalue weighted by Gasteiger charge is 2.60. The van der Waals surface area contributed by atoms with Gasteiger partial charge in [-0.15, -0.1) is 10.2 Å². The van der Waals surface area contributed by atoms with E-state index in [1.165, 1.54) is 0 Å². The summed E-state index contributed by atoms with van der Waals surface area (Å²) < 4.78 is 23.5. The Kier molecular flexibility index (Phi) is 4.73. The molecule has 12 heteroatoms. The van der Waals surface area contributed by atoms with Crippen molar-refractivity contribution in [2.24, 2.45) is 12.0 Å². The molecule has 6 rings (SSSR count). The van der Waals surface area contributed by atoms with E-state index < -0.39 is 21.4 Å². The number of benzene rings is 1. The molecule has 3 aliphatic rings. The van der Waals surface area contributed by atoms with Gasteiger partial charge in [-0.05, 0) is 25.5 Å². The number of aryl methyl sites for hydroxylation is 2. The lowest BCUT2D eigenvalue weighted by atomic mass is 9.94. The van der Waals surface area contributed by atoms with Crippen molar-refractivity contribution in [1.29, 1.82) is 0 Å². The van der Waals surface area contributed by atoms with Gasteiger partial charge in [0.2, 0.25) is 5.91 Å². The number of nitrogens with zero attached hydrogens (tertiary/aromatic N) is 7. The van der Waals surface area contributed by atoms with E-state index in [-0.39, 0.29) is 12.3 Å². The van der Waals surface area contributed by atoms with Crippen molar-refractivity contribution in [2.45, 2.75) is 30.6 Å². The molecule has 1 unspecified atom stereocenters. The molecule has 3 aromatic rings. The van der Waals surface area contributed by atoms with Crippen LogP contribution in [0, 0.1) is 6.92 Å². The number of hydrogen-bond acceptors (Lipinski definition) is 7. The van der Waals surface area contributed by atoms with Crippen molar-refractivity contribution >= 4 is 33.8 Å². The Labute approximate surface area is 202 Å². The van der Waals surface area contributed by atoms with Crippen LogP contribution in [0.4, 0.5) is 0 Å². The molecule has 1 amide bonds. The summed E-state index contributed by atoms with van der Waals surface area (Å²) in [6.07, 6.45) is 2.74. The van der Waals surface area contributed by atoms with Gasteiger partial charge in [0.15, 0.2) is 5.82 Å². The van der Waals surface area contributed by atoms with Crippen molar-refractivity contribution in [2.75, 3.05) is 18.8 Å². The Balaban J connectivity index is 1.38. The third kappa shape index (κ3) is 3.14. The minimum Gasteiger partial charge on any atom is -0.338 e. The summed E-state index contributed by atoms with van der Waals surface area (Å²) in [5.41, 5.74) is 2.97. The quantitative estimate of drug-likeness (QED) is 0.569. The van der Waals surface area contributed by atoms with E-state index in [4.69, 9.17) is 16.6 Å². The molecule has 5 heterocycles. The Hall–Kier alpha value is -2.73. The average molecular weight is 502 g/mol. The number of carbonyl (C=O) groups excluding carboxylic acids is 1. The normalized spacial score (nSPS) is 22.7. The molecule has 0 aliphatic carbocycles. The SMILES string of the molecule is Cc1nnc2n1-c1cn(C)nc1C(c1ccc(Cl)cc1)=NC2CC(=O)N1CC2(CCS2(O)O)C1. The van der Waals surface area contributed by atoms with E-state index in [1.807, 2.05) is 36.9 Å². The summed E-state index contributed by atoms with van der Waals surface area (Å²) in [5.74, 6) is 1.59. The summed E-state index contributed by atoms with van der Waals surface area (Å²) >= 11 is 6.11. The molecule has 2 fully saturated rings. The Morgan fingerprint density at radius 2 is 1.97 bits per heavy atom. The lowest BCUT2D eigenvalue weighted by molar-refractivity contribution is -0.137. The second-order valence-electron chi connectivity index (χ2n) is 9.24. The maximum absolute atomic E-state index is 13.2. The van der Waals surface area contributed by atoms with Crippen LogP contribution in [-0.4, -0.2) is 73.8 Å². The van der Waals surface area contributed by atoms with Gasteiger partial charge in [-0.25, -0.2) is 0 Å². The number of aromatic nitrogens is 5. The van der Waals surface area contributed by atoms with Gasteiger partial charge in [-0.1, -0.05) is 23.7 Å². The largest absolute Gasteiger partial charge is 0.338 e. The Morgan fingerprint density at radius 3 is 2.62 bits per heavy atom. The van der Waals surface area contributed by atoms with E-state index in [0.29, 0.717) is 46.9 Å². The summed E-state index contributed by atoms with van der Waals surface area (Å²) in [6.45, 7) is 2.62. The minimum atomic E-state index is -2.59. The van der Waals surface area contributed by atoms with E-state index in [2.05, 4.69) is 15.3 Å². The molecule has 0 bridgehead atoms. The Morgan fingerprint density at radius 1 is 1.24 bits per heavy atom. The molecule has 10 nitrogen and oxygen atoms in total. The minimum absolute atomic E-state index is 0.0933. The molecule has 1 atom stereocenters. The van der Waals surface area contributed by atoms with Crippen LogP contribution >= 0.6 is 22.2 Å². The number of likely N-dealkylation sites (tertiary alicyclic amines) is 1. The lowest BCUT2D eigenvalue weighted by Crippen LogP contribution is -2.70. The highest BCUT2D eigenvalue weighted by Crippen LogP contribution is 2.67. The number of amides is 1. The fourth-order valence-corrected chi connectivity index (χ4v) is 6.99. The molecule has 1 spiro atoms. The van der Waals surface area contributed by atoms with E-state index in [0.717, 1.165) is 17.7 Å². The van der Waals surface area contributed by atoms with E-state index in [1.54, 1.807) is 21.7 Å². The van der Waals surface area contributed by atoms with Crippen LogP contribution in [0.1, 0.15) is 41.8 Å². The summed E-state index contributed by atoms with van der Waals surface area (Å²) in [4.78, 5) is 19.9. The summed E-state index contributed by atoms with van der Waals surface area (Å²) in [5, 5.41) is 13.9. The number of aliphatic imine (C=N–C) groups is 1. The zero-order chi connectivity index (χ0) is 23.8. The van der Waals surface area contributed by atoms with Crippen molar-refractivity contribution < 1.29 is 13.9 Å². The van der Waals surface area contributed by atoms with Gasteiger partial charge < -0.3 is 4.90 Å². The molecule has 2 N–H and O–H groups in total. The van der Waals surface area contributed by atoms with Gasteiger partial charge in [-0.2, -0.15) is 15.7 Å². The number of hydrogen-bond donors (Lipinski definition) is 2. The molecular weight excluding hydrogens is 478 g/mol. The zero-order valence-electron chi connectivity index (χ0n) is 18.7. The predicted molar refractivity (Wildman–Crippen MR) is 129 cm³/mol. The average Bonchev–Trinajstić information content (AvgIpc) is 3.29. The van der Waals surface area contributed by atoms with Crippen molar-refractivity contribution in [3.8, 4) is 5.69 Å². The monoisotopic (exact) mass is 501 g/mol. The number of halogens is 1. The van der Waals surface area contributed by atoms with Gasteiger partial charge >= 0.3 is 0 Å². The molecule has 0 radical (unpaired) electrons. The molecule has 3 aliphatic heterocycles. The predicted octanol–water partition coefficient (Wildman–Crippen LogP) is 2.98. The van der Waals surface area contributed by atoms with E-state index >= 15 is 0 Å². The standard InChI is InChI=1S/C22H24ClN7O3S/c1-13-25-26-21-16(9-18(31)29-11-22(12-29)7-8-34(22,32)33)24-19(14-3-5-15(23)6-4-14)20-17(30(13)21)10-28(2)27-20/h3-6,10,16,32-33H,7-9,11-12H2,1-2H3. The first-order valence-corrected chi connectivity index (χ1v) is 13.1. The highest BCUT2D eigenvalue weighted by atomic mass is 35.5. The summed E-state index contributed by atoms with van der Waals surface area (Å²) in [6, 6.07) is 6.80.